The summed E-state index contributed by atoms with van der Waals surface area (Å²) in [6, 6.07) is 23.1. The van der Waals surface area contributed by atoms with Gasteiger partial charge in [-0.3, -0.25) is 0 Å². The van der Waals surface area contributed by atoms with Crippen molar-refractivity contribution in [1.82, 2.24) is 0 Å². The molecule has 0 aliphatic carbocycles. The number of ether oxygens (including phenoxy) is 3. The Morgan fingerprint density at radius 1 is 0.821 bits per heavy atom. The number of hydrogen-bond acceptors (Lipinski definition) is 5. The van der Waals surface area contributed by atoms with E-state index < -0.39 is 11.9 Å². The van der Waals surface area contributed by atoms with Crippen molar-refractivity contribution < 1.29 is 23.8 Å². The standard InChI is InChI=1S/C23H20O5/c1-17-7-5-6-10-21(17)26-16-22(24)28-20-13-11-19(12-14-20)23(25)27-15-18-8-3-2-4-9-18/h2-14H,15-16H2,1H3. The fourth-order valence-electron chi connectivity index (χ4n) is 2.48. The van der Waals surface area contributed by atoms with E-state index in [0.717, 1.165) is 11.1 Å². The highest BCUT2D eigenvalue weighted by Gasteiger charge is 2.10. The third-order valence-corrected chi connectivity index (χ3v) is 3.97. The van der Waals surface area contributed by atoms with Crippen LogP contribution in [0.25, 0.3) is 0 Å². The zero-order chi connectivity index (χ0) is 19.8. The highest BCUT2D eigenvalue weighted by Crippen LogP contribution is 2.17. The molecule has 0 N–H and O–H groups in total. The fraction of sp³-hybridized carbons (Fsp3) is 0.130. The van der Waals surface area contributed by atoms with Gasteiger partial charge >= 0.3 is 11.9 Å². The number of esters is 2. The van der Waals surface area contributed by atoms with Crippen molar-refractivity contribution in [3.63, 3.8) is 0 Å². The van der Waals surface area contributed by atoms with E-state index in [1.165, 1.54) is 0 Å². The van der Waals surface area contributed by atoms with Gasteiger partial charge in [-0.15, -0.1) is 0 Å². The van der Waals surface area contributed by atoms with Crippen LogP contribution in [0, 0.1) is 6.92 Å². The molecular weight excluding hydrogens is 356 g/mol. The van der Waals surface area contributed by atoms with Crippen LogP contribution < -0.4 is 9.47 Å². The summed E-state index contributed by atoms with van der Waals surface area (Å²) in [5, 5.41) is 0. The molecule has 142 valence electrons. The summed E-state index contributed by atoms with van der Waals surface area (Å²) >= 11 is 0. The van der Waals surface area contributed by atoms with Crippen LogP contribution in [0.4, 0.5) is 0 Å². The van der Waals surface area contributed by atoms with Gasteiger partial charge in [-0.05, 0) is 48.4 Å². The van der Waals surface area contributed by atoms with Crippen LogP contribution in [0.5, 0.6) is 11.5 Å². The lowest BCUT2D eigenvalue weighted by molar-refractivity contribution is -0.136. The Balaban J connectivity index is 1.49. The fourth-order valence-corrected chi connectivity index (χ4v) is 2.48. The third kappa shape index (κ3) is 5.45. The number of carbonyl (C=O) groups excluding carboxylic acids is 2. The third-order valence-electron chi connectivity index (χ3n) is 3.97. The Labute approximate surface area is 163 Å². The van der Waals surface area contributed by atoms with Crippen molar-refractivity contribution in [2.45, 2.75) is 13.5 Å². The van der Waals surface area contributed by atoms with Crippen molar-refractivity contribution in [2.24, 2.45) is 0 Å². The molecule has 5 nitrogen and oxygen atoms in total. The summed E-state index contributed by atoms with van der Waals surface area (Å²) in [5.74, 6) is 0.00113. The quantitative estimate of drug-likeness (QED) is 0.453. The summed E-state index contributed by atoms with van der Waals surface area (Å²) < 4.78 is 15.9. The Morgan fingerprint density at radius 3 is 2.21 bits per heavy atom. The molecule has 3 aromatic rings. The predicted octanol–water partition coefficient (Wildman–Crippen LogP) is 4.34. The molecule has 0 aliphatic heterocycles. The minimum absolute atomic E-state index is 0.201. The van der Waals surface area contributed by atoms with Crippen molar-refractivity contribution in [1.29, 1.82) is 0 Å². The second kappa shape index (κ2) is 9.37. The minimum atomic E-state index is -0.525. The summed E-state index contributed by atoms with van der Waals surface area (Å²) in [5.41, 5.74) is 2.23. The van der Waals surface area contributed by atoms with Gasteiger partial charge in [-0.2, -0.15) is 0 Å². The topological polar surface area (TPSA) is 61.8 Å². The van der Waals surface area contributed by atoms with Crippen LogP contribution in [0.3, 0.4) is 0 Å². The smallest absolute Gasteiger partial charge is 0.349 e. The maximum absolute atomic E-state index is 12.1. The van der Waals surface area contributed by atoms with Gasteiger partial charge in [-0.1, -0.05) is 48.5 Å². The molecule has 0 saturated carbocycles. The number of aryl methyl sites for hydroxylation is 1. The molecule has 0 unspecified atom stereocenters. The van der Waals surface area contributed by atoms with Crippen molar-refractivity contribution in [3.05, 3.63) is 95.6 Å². The number of carbonyl (C=O) groups is 2. The van der Waals surface area contributed by atoms with E-state index in [0.29, 0.717) is 17.1 Å². The average Bonchev–Trinajstić information content (AvgIpc) is 2.73. The Morgan fingerprint density at radius 2 is 1.50 bits per heavy atom. The van der Waals surface area contributed by atoms with Crippen molar-refractivity contribution in [3.8, 4) is 11.5 Å². The van der Waals surface area contributed by atoms with Crippen LogP contribution in [0.15, 0.2) is 78.9 Å². The minimum Gasteiger partial charge on any atom is -0.482 e. The molecule has 0 heterocycles. The van der Waals surface area contributed by atoms with Gasteiger partial charge in [0.25, 0.3) is 0 Å². The lowest BCUT2D eigenvalue weighted by atomic mass is 10.2. The molecule has 0 radical (unpaired) electrons. The van der Waals surface area contributed by atoms with E-state index in [9.17, 15) is 9.59 Å². The first-order valence-corrected chi connectivity index (χ1v) is 8.82. The first-order valence-electron chi connectivity index (χ1n) is 8.82. The van der Waals surface area contributed by atoms with Crippen LogP contribution in [0.2, 0.25) is 0 Å². The molecule has 0 spiro atoms. The Kier molecular flexibility index (Phi) is 6.41. The number of hydrogen-bond donors (Lipinski definition) is 0. The lowest BCUT2D eigenvalue weighted by Crippen LogP contribution is -2.18. The van der Waals surface area contributed by atoms with Crippen molar-refractivity contribution >= 4 is 11.9 Å². The molecule has 0 amide bonds. The molecule has 5 heteroatoms. The van der Waals surface area contributed by atoms with Gasteiger partial charge in [0.15, 0.2) is 6.61 Å². The number of rotatable bonds is 7. The van der Waals surface area contributed by atoms with Crippen molar-refractivity contribution in [2.75, 3.05) is 6.61 Å². The number of para-hydroxylation sites is 1. The zero-order valence-corrected chi connectivity index (χ0v) is 15.5. The van der Waals surface area contributed by atoms with Gasteiger partial charge in [0.05, 0.1) is 5.56 Å². The molecule has 0 saturated heterocycles. The van der Waals surface area contributed by atoms with E-state index in [1.54, 1.807) is 30.3 Å². The average molecular weight is 376 g/mol. The lowest BCUT2D eigenvalue weighted by Gasteiger charge is -2.09. The van der Waals surface area contributed by atoms with Crippen LogP contribution in [-0.2, 0) is 16.1 Å². The molecule has 0 atom stereocenters. The van der Waals surface area contributed by atoms with Crippen LogP contribution >= 0.6 is 0 Å². The monoisotopic (exact) mass is 376 g/mol. The molecular formula is C23H20O5. The van der Waals surface area contributed by atoms with Gasteiger partial charge in [-0.25, -0.2) is 9.59 Å². The van der Waals surface area contributed by atoms with E-state index >= 15 is 0 Å². The maximum Gasteiger partial charge on any atom is 0.349 e. The number of benzene rings is 3. The van der Waals surface area contributed by atoms with Gasteiger partial charge < -0.3 is 14.2 Å². The molecule has 0 aliphatic rings. The molecule has 0 bridgehead atoms. The first-order chi connectivity index (χ1) is 13.6. The Hall–Kier alpha value is -3.60. The first kappa shape index (κ1) is 19.2. The SMILES string of the molecule is Cc1ccccc1OCC(=O)Oc1ccc(C(=O)OCc2ccccc2)cc1. The second-order valence-corrected chi connectivity index (χ2v) is 6.11. The summed E-state index contributed by atoms with van der Waals surface area (Å²) in [7, 11) is 0. The van der Waals surface area contributed by atoms with Crippen LogP contribution in [0.1, 0.15) is 21.5 Å². The van der Waals surface area contributed by atoms with E-state index in [2.05, 4.69) is 0 Å². The predicted molar refractivity (Wildman–Crippen MR) is 104 cm³/mol. The second-order valence-electron chi connectivity index (χ2n) is 6.11. The van der Waals surface area contributed by atoms with E-state index in [1.807, 2.05) is 55.5 Å². The molecule has 0 aromatic heterocycles. The van der Waals surface area contributed by atoms with E-state index in [4.69, 9.17) is 14.2 Å². The molecule has 3 rings (SSSR count). The summed E-state index contributed by atoms with van der Waals surface area (Å²) in [4.78, 5) is 24.0. The highest BCUT2D eigenvalue weighted by atomic mass is 16.6. The zero-order valence-electron chi connectivity index (χ0n) is 15.5. The molecule has 0 fully saturated rings. The maximum atomic E-state index is 12.1. The normalized spacial score (nSPS) is 10.2. The van der Waals surface area contributed by atoms with Gasteiger partial charge in [0.1, 0.15) is 18.1 Å². The van der Waals surface area contributed by atoms with E-state index in [-0.39, 0.29) is 13.2 Å². The van der Waals surface area contributed by atoms with Gasteiger partial charge in [0.2, 0.25) is 0 Å². The van der Waals surface area contributed by atoms with Gasteiger partial charge in [0, 0.05) is 0 Å². The molecule has 3 aromatic carbocycles. The summed E-state index contributed by atoms with van der Waals surface area (Å²) in [6.45, 7) is 1.90. The largest absolute Gasteiger partial charge is 0.482 e. The summed E-state index contributed by atoms with van der Waals surface area (Å²) in [6.07, 6.45) is 0. The Bertz CT molecular complexity index is 933. The van der Waals surface area contributed by atoms with Crippen LogP contribution in [-0.4, -0.2) is 18.5 Å². The highest BCUT2D eigenvalue weighted by molar-refractivity contribution is 5.89. The molecule has 28 heavy (non-hydrogen) atoms.